The van der Waals surface area contributed by atoms with Crippen LogP contribution in [0.25, 0.3) is 0 Å². The van der Waals surface area contributed by atoms with Gasteiger partial charge in [0.2, 0.25) is 5.88 Å². The van der Waals surface area contributed by atoms with Gasteiger partial charge in [0.15, 0.2) is 6.04 Å². The maximum atomic E-state index is 11.8. The van der Waals surface area contributed by atoms with Crippen molar-refractivity contribution in [3.05, 3.63) is 46.6 Å². The summed E-state index contributed by atoms with van der Waals surface area (Å²) in [6.07, 6.45) is 1.19. The molecule has 0 N–H and O–H groups in total. The van der Waals surface area contributed by atoms with Crippen LogP contribution >= 0.6 is 35.0 Å². The minimum atomic E-state index is -0.460. The summed E-state index contributed by atoms with van der Waals surface area (Å²) in [5.41, 5.74) is 0. The minimum absolute atomic E-state index is 0.273. The first-order chi connectivity index (χ1) is 13.5. The van der Waals surface area contributed by atoms with Crippen LogP contribution in [0, 0.1) is 0 Å². The van der Waals surface area contributed by atoms with Crippen LogP contribution < -0.4 is 9.47 Å². The third-order valence-corrected chi connectivity index (χ3v) is 5.40. The first-order valence-corrected chi connectivity index (χ1v) is 10.3. The molecule has 0 spiro atoms. The zero-order chi connectivity index (χ0) is 20.1. The number of esters is 1. The molecule has 9 heteroatoms. The van der Waals surface area contributed by atoms with Gasteiger partial charge in [-0.2, -0.15) is 0 Å². The van der Waals surface area contributed by atoms with Crippen LogP contribution in [0.1, 0.15) is 13.8 Å². The molecule has 0 saturated heterocycles. The quantitative estimate of drug-likeness (QED) is 0.562. The highest BCUT2D eigenvalue weighted by molar-refractivity contribution is 8.14. The zero-order valence-corrected chi connectivity index (χ0v) is 17.6. The van der Waals surface area contributed by atoms with Crippen LogP contribution in [-0.4, -0.2) is 40.5 Å². The predicted octanol–water partition coefficient (Wildman–Crippen LogP) is 5.03. The Balaban J connectivity index is 1.59. The second-order valence-electron chi connectivity index (χ2n) is 5.82. The molecule has 0 saturated carbocycles. The summed E-state index contributed by atoms with van der Waals surface area (Å²) in [7, 11) is 0. The van der Waals surface area contributed by atoms with Gasteiger partial charge in [0.25, 0.3) is 0 Å². The summed E-state index contributed by atoms with van der Waals surface area (Å²) in [4.78, 5) is 20.3. The van der Waals surface area contributed by atoms with E-state index in [2.05, 4.69) is 9.98 Å². The highest BCUT2D eigenvalue weighted by Gasteiger charge is 2.29. The number of carbonyl (C=O) groups is 1. The van der Waals surface area contributed by atoms with Gasteiger partial charge in [0, 0.05) is 11.9 Å². The van der Waals surface area contributed by atoms with Crippen molar-refractivity contribution in [1.82, 2.24) is 4.98 Å². The van der Waals surface area contributed by atoms with Gasteiger partial charge in [0.05, 0.1) is 11.6 Å². The number of aliphatic imine (C=N–C) groups is 1. The number of rotatable bonds is 7. The number of ether oxygens (including phenoxy) is 3. The van der Waals surface area contributed by atoms with Crippen molar-refractivity contribution in [2.45, 2.75) is 26.0 Å². The molecule has 1 aromatic carbocycles. The predicted molar refractivity (Wildman–Crippen MR) is 111 cm³/mol. The highest BCUT2D eigenvalue weighted by Crippen LogP contribution is 2.30. The number of carbonyl (C=O) groups excluding carboxylic acids is 1. The Morgan fingerprint density at radius 3 is 2.68 bits per heavy atom. The number of hydrogen-bond acceptors (Lipinski definition) is 7. The second kappa shape index (κ2) is 9.49. The number of nitrogens with zero attached hydrogens (tertiary/aromatic N) is 2. The summed E-state index contributed by atoms with van der Waals surface area (Å²) >= 11 is 13.4. The molecule has 1 aliphatic heterocycles. The van der Waals surface area contributed by atoms with E-state index in [-0.39, 0.29) is 18.0 Å². The van der Waals surface area contributed by atoms with Gasteiger partial charge in [-0.1, -0.05) is 23.2 Å². The van der Waals surface area contributed by atoms with Crippen molar-refractivity contribution in [2.75, 3.05) is 12.4 Å². The molecule has 148 valence electrons. The zero-order valence-electron chi connectivity index (χ0n) is 15.2. The first kappa shape index (κ1) is 20.8. The van der Waals surface area contributed by atoms with Crippen LogP contribution in [0.15, 0.2) is 41.5 Å². The summed E-state index contributed by atoms with van der Waals surface area (Å²) in [6, 6.07) is 8.16. The largest absolute Gasteiger partial charge is 0.484 e. The number of halogens is 2. The molecule has 2 atom stereocenters. The lowest BCUT2D eigenvalue weighted by Crippen LogP contribution is -2.22. The Kier molecular flexibility index (Phi) is 7.04. The molecule has 1 aromatic heterocycles. The van der Waals surface area contributed by atoms with E-state index in [1.807, 2.05) is 6.92 Å². The molecule has 0 bridgehead atoms. The number of aromatic nitrogens is 1. The molecule has 3 rings (SSSR count). The van der Waals surface area contributed by atoms with Crippen molar-refractivity contribution in [3.8, 4) is 17.4 Å². The molecular weight excluding hydrogens is 423 g/mol. The standard InChI is InChI=1S/C19H18Cl2N2O4S/c1-3-25-19(24)16-10-28-18(23-16)11(2)26-13-4-6-14(7-5-13)27-17-15(21)8-12(20)9-22-17/h4-9,11,16H,3,10H2,1-2H3. The Morgan fingerprint density at radius 2 is 2.00 bits per heavy atom. The van der Waals surface area contributed by atoms with E-state index in [1.165, 1.54) is 18.0 Å². The average molecular weight is 441 g/mol. The average Bonchev–Trinajstić information content (AvgIpc) is 3.16. The van der Waals surface area contributed by atoms with Crippen LogP contribution in [0.5, 0.6) is 17.4 Å². The molecule has 0 aliphatic carbocycles. The molecule has 6 nitrogen and oxygen atoms in total. The maximum absolute atomic E-state index is 11.8. The third-order valence-electron chi connectivity index (χ3n) is 3.70. The van der Waals surface area contributed by atoms with Crippen molar-refractivity contribution in [1.29, 1.82) is 0 Å². The fourth-order valence-corrected chi connectivity index (χ4v) is 3.85. The van der Waals surface area contributed by atoms with Gasteiger partial charge in [-0.25, -0.2) is 9.78 Å². The van der Waals surface area contributed by atoms with Gasteiger partial charge in [-0.3, -0.25) is 4.99 Å². The molecule has 0 radical (unpaired) electrons. The second-order valence-corrected chi connectivity index (χ2v) is 7.70. The number of pyridine rings is 1. The van der Waals surface area contributed by atoms with E-state index >= 15 is 0 Å². The van der Waals surface area contributed by atoms with E-state index in [9.17, 15) is 4.79 Å². The topological polar surface area (TPSA) is 70.0 Å². The van der Waals surface area contributed by atoms with Crippen molar-refractivity contribution in [2.24, 2.45) is 4.99 Å². The smallest absolute Gasteiger partial charge is 0.331 e. The third kappa shape index (κ3) is 5.31. The summed E-state index contributed by atoms with van der Waals surface area (Å²) in [5.74, 6) is 1.76. The van der Waals surface area contributed by atoms with E-state index in [0.717, 1.165) is 5.04 Å². The van der Waals surface area contributed by atoms with Crippen LogP contribution in [0.2, 0.25) is 10.0 Å². The lowest BCUT2D eigenvalue weighted by Gasteiger charge is -2.14. The Hall–Kier alpha value is -1.96. The first-order valence-electron chi connectivity index (χ1n) is 8.59. The SMILES string of the molecule is CCOC(=O)C1CSC(C(C)Oc2ccc(Oc3ncc(Cl)cc3Cl)cc2)=N1. The van der Waals surface area contributed by atoms with Crippen molar-refractivity contribution in [3.63, 3.8) is 0 Å². The van der Waals surface area contributed by atoms with Gasteiger partial charge in [-0.15, -0.1) is 11.8 Å². The minimum Gasteiger partial charge on any atom is -0.484 e. The van der Waals surface area contributed by atoms with E-state index in [4.69, 9.17) is 37.4 Å². The molecule has 2 aromatic rings. The Bertz CT molecular complexity index is 877. The van der Waals surface area contributed by atoms with Gasteiger partial charge >= 0.3 is 5.97 Å². The van der Waals surface area contributed by atoms with E-state index in [1.54, 1.807) is 37.3 Å². The van der Waals surface area contributed by atoms with Crippen molar-refractivity contribution < 1.29 is 19.0 Å². The lowest BCUT2D eigenvalue weighted by molar-refractivity contribution is -0.143. The van der Waals surface area contributed by atoms with E-state index < -0.39 is 6.04 Å². The van der Waals surface area contributed by atoms with E-state index in [0.29, 0.717) is 33.9 Å². The summed E-state index contributed by atoms with van der Waals surface area (Å²) in [5, 5.41) is 1.54. The monoisotopic (exact) mass is 440 g/mol. The summed E-state index contributed by atoms with van der Waals surface area (Å²) in [6.45, 7) is 4.02. The Morgan fingerprint density at radius 1 is 1.29 bits per heavy atom. The molecule has 2 heterocycles. The van der Waals surface area contributed by atoms with Crippen molar-refractivity contribution >= 4 is 46.0 Å². The molecule has 2 unspecified atom stereocenters. The fraction of sp³-hybridized carbons (Fsp3) is 0.316. The van der Waals surface area contributed by atoms with Gasteiger partial charge < -0.3 is 14.2 Å². The van der Waals surface area contributed by atoms with Gasteiger partial charge in [0.1, 0.15) is 27.7 Å². The highest BCUT2D eigenvalue weighted by atomic mass is 35.5. The number of hydrogen-bond donors (Lipinski definition) is 0. The van der Waals surface area contributed by atoms with Gasteiger partial charge in [-0.05, 0) is 44.2 Å². The maximum Gasteiger partial charge on any atom is 0.331 e. The number of thioether (sulfide) groups is 1. The van der Waals surface area contributed by atoms with Crippen LogP contribution in [-0.2, 0) is 9.53 Å². The van der Waals surface area contributed by atoms with Crippen LogP contribution in [0.3, 0.4) is 0 Å². The molecule has 28 heavy (non-hydrogen) atoms. The molecule has 0 amide bonds. The number of benzene rings is 1. The lowest BCUT2D eigenvalue weighted by atomic mass is 10.3. The normalized spacial score (nSPS) is 17.0. The Labute approximate surface area is 177 Å². The summed E-state index contributed by atoms with van der Waals surface area (Å²) < 4.78 is 16.6. The molecular formula is C19H18Cl2N2O4S. The molecule has 1 aliphatic rings. The molecule has 0 fully saturated rings. The fourth-order valence-electron chi connectivity index (χ4n) is 2.40. The van der Waals surface area contributed by atoms with Crippen LogP contribution in [0.4, 0.5) is 0 Å².